The molecule has 0 N–H and O–H groups in total. The molecule has 1 aliphatic rings. The molecule has 2 aromatic rings. The van der Waals surface area contributed by atoms with Crippen molar-refractivity contribution in [2.24, 2.45) is 0 Å². The van der Waals surface area contributed by atoms with Gasteiger partial charge in [-0.1, -0.05) is 12.1 Å². The van der Waals surface area contributed by atoms with Gasteiger partial charge >= 0.3 is 0 Å². The lowest BCUT2D eigenvalue weighted by molar-refractivity contribution is 0.411. The Morgan fingerprint density at radius 1 is 1.32 bits per heavy atom. The summed E-state index contributed by atoms with van der Waals surface area (Å²) in [6.45, 7) is 3.11. The van der Waals surface area contributed by atoms with Crippen LogP contribution in [0.5, 0.6) is 5.75 Å². The number of rotatable bonds is 4. The third kappa shape index (κ3) is 3.28. The fourth-order valence-electron chi connectivity index (χ4n) is 2.59. The Hall–Kier alpha value is -1.94. The van der Waals surface area contributed by atoms with Gasteiger partial charge in [0.25, 0.3) is 0 Å². The molecule has 1 aliphatic heterocycles. The number of methoxy groups -OCH3 is 1. The molecule has 0 radical (unpaired) electrons. The minimum Gasteiger partial charge on any atom is -0.496 e. The molecule has 1 aromatic carbocycles. The largest absolute Gasteiger partial charge is 0.496 e. The van der Waals surface area contributed by atoms with E-state index in [9.17, 15) is 0 Å². The summed E-state index contributed by atoms with van der Waals surface area (Å²) in [6, 6.07) is 10.4. The molecule has 3 rings (SSSR count). The summed E-state index contributed by atoms with van der Waals surface area (Å²) in [5.41, 5.74) is 4.75. The number of fused-ring (bicyclic) bond motifs is 1. The van der Waals surface area contributed by atoms with Crippen LogP contribution in [0.4, 0.5) is 5.69 Å². The van der Waals surface area contributed by atoms with E-state index < -0.39 is 0 Å². The predicted molar refractivity (Wildman–Crippen MR) is 94.3 cm³/mol. The Balaban J connectivity index is 1.70. The van der Waals surface area contributed by atoms with Gasteiger partial charge < -0.3 is 9.04 Å². The summed E-state index contributed by atoms with van der Waals surface area (Å²) in [5, 5.41) is 2.13. The van der Waals surface area contributed by atoms with Crippen LogP contribution in [-0.2, 0) is 6.42 Å². The lowest BCUT2D eigenvalue weighted by atomic mass is 10.1. The van der Waals surface area contributed by atoms with E-state index in [2.05, 4.69) is 52.0 Å². The van der Waals surface area contributed by atoms with Crippen LogP contribution in [0.1, 0.15) is 23.2 Å². The molecular formula is C18H20N2OS. The van der Waals surface area contributed by atoms with E-state index in [4.69, 9.17) is 4.74 Å². The third-order valence-electron chi connectivity index (χ3n) is 3.79. The highest BCUT2D eigenvalue weighted by atomic mass is 32.2. The molecule has 1 aromatic heterocycles. The maximum atomic E-state index is 5.37. The molecule has 4 heteroatoms. The second kappa shape index (κ2) is 6.88. The molecule has 3 nitrogen and oxygen atoms in total. The monoisotopic (exact) mass is 312 g/mol. The van der Waals surface area contributed by atoms with E-state index in [1.54, 1.807) is 19.1 Å². The Labute approximate surface area is 136 Å². The van der Waals surface area contributed by atoms with E-state index in [1.807, 2.05) is 12.3 Å². The quantitative estimate of drug-likeness (QED) is 0.778. The Morgan fingerprint density at radius 3 is 3.09 bits per heavy atom. The third-order valence-corrected chi connectivity index (χ3v) is 4.68. The summed E-state index contributed by atoms with van der Waals surface area (Å²) in [5.74, 6) is 0.930. The van der Waals surface area contributed by atoms with Gasteiger partial charge in [-0.05, 0) is 72.5 Å². The Kier molecular flexibility index (Phi) is 4.68. The van der Waals surface area contributed by atoms with Crippen molar-refractivity contribution in [2.75, 3.05) is 18.0 Å². The van der Waals surface area contributed by atoms with Gasteiger partial charge in [-0.3, -0.25) is 4.98 Å². The molecule has 0 unspecified atom stereocenters. The van der Waals surface area contributed by atoms with E-state index in [1.165, 1.54) is 11.4 Å². The van der Waals surface area contributed by atoms with Gasteiger partial charge in [-0.25, -0.2) is 0 Å². The van der Waals surface area contributed by atoms with Crippen molar-refractivity contribution in [1.82, 2.24) is 4.98 Å². The molecule has 0 atom stereocenters. The highest BCUT2D eigenvalue weighted by molar-refractivity contribution is 8.03. The van der Waals surface area contributed by atoms with Crippen molar-refractivity contribution in [3.63, 3.8) is 0 Å². The van der Waals surface area contributed by atoms with Crippen molar-refractivity contribution in [3.05, 3.63) is 58.8 Å². The number of pyridine rings is 1. The maximum Gasteiger partial charge on any atom is 0.122 e. The van der Waals surface area contributed by atoms with Crippen molar-refractivity contribution in [3.8, 4) is 5.75 Å². The zero-order valence-corrected chi connectivity index (χ0v) is 13.8. The first kappa shape index (κ1) is 15.0. The summed E-state index contributed by atoms with van der Waals surface area (Å²) < 4.78 is 7.68. The average molecular weight is 312 g/mol. The van der Waals surface area contributed by atoms with E-state index >= 15 is 0 Å². The van der Waals surface area contributed by atoms with E-state index in [0.717, 1.165) is 36.3 Å². The SMILES string of the molecule is COc1cc(/C=C/SN2CCCc3ncccc32)ccc1C. The fourth-order valence-corrected chi connectivity index (χ4v) is 3.47. The lowest BCUT2D eigenvalue weighted by Crippen LogP contribution is -2.22. The van der Waals surface area contributed by atoms with Crippen molar-refractivity contribution >= 4 is 23.7 Å². The molecule has 2 heterocycles. The van der Waals surface area contributed by atoms with Gasteiger partial charge in [0, 0.05) is 12.7 Å². The zero-order valence-electron chi connectivity index (χ0n) is 13.0. The number of aromatic nitrogens is 1. The molecule has 0 bridgehead atoms. The minimum atomic E-state index is 0.930. The summed E-state index contributed by atoms with van der Waals surface area (Å²) in [6.07, 6.45) is 6.23. The molecule has 0 spiro atoms. The first-order chi connectivity index (χ1) is 10.8. The second-order valence-electron chi connectivity index (χ2n) is 5.31. The highest BCUT2D eigenvalue weighted by Crippen LogP contribution is 2.31. The van der Waals surface area contributed by atoms with Gasteiger partial charge in [0.15, 0.2) is 0 Å². The van der Waals surface area contributed by atoms with Crippen LogP contribution in [0.25, 0.3) is 6.08 Å². The van der Waals surface area contributed by atoms with Gasteiger partial charge in [0.05, 0.1) is 18.5 Å². The van der Waals surface area contributed by atoms with Crippen LogP contribution in [-0.4, -0.2) is 18.6 Å². The number of aryl methyl sites for hydroxylation is 2. The molecule has 0 saturated carbocycles. The van der Waals surface area contributed by atoms with Crippen LogP contribution in [0.3, 0.4) is 0 Å². The smallest absolute Gasteiger partial charge is 0.122 e. The molecule has 0 saturated heterocycles. The van der Waals surface area contributed by atoms with Crippen molar-refractivity contribution < 1.29 is 4.74 Å². The Bertz CT molecular complexity index is 685. The highest BCUT2D eigenvalue weighted by Gasteiger charge is 2.16. The number of anilines is 1. The van der Waals surface area contributed by atoms with Gasteiger partial charge in [-0.15, -0.1) is 0 Å². The molecule has 0 fully saturated rings. The van der Waals surface area contributed by atoms with Crippen LogP contribution in [0.15, 0.2) is 41.9 Å². The van der Waals surface area contributed by atoms with Crippen LogP contribution < -0.4 is 9.04 Å². The van der Waals surface area contributed by atoms with Gasteiger partial charge in [0.2, 0.25) is 0 Å². The standard InChI is InChI=1S/C18H20N2OS/c1-14-7-8-15(13-18(14)21-2)9-12-22-20-11-4-5-16-17(20)6-3-10-19-16/h3,6-10,12-13H,4-5,11H2,1-2H3/b12-9+. The Morgan fingerprint density at radius 2 is 2.23 bits per heavy atom. The molecule has 114 valence electrons. The number of hydrogen-bond acceptors (Lipinski definition) is 4. The second-order valence-corrected chi connectivity index (χ2v) is 6.24. The molecular weight excluding hydrogens is 292 g/mol. The zero-order chi connectivity index (χ0) is 15.4. The summed E-state index contributed by atoms with van der Waals surface area (Å²) >= 11 is 1.72. The number of benzene rings is 1. The van der Waals surface area contributed by atoms with E-state index in [-0.39, 0.29) is 0 Å². The molecule has 0 amide bonds. The van der Waals surface area contributed by atoms with Crippen LogP contribution >= 0.6 is 11.9 Å². The molecule has 22 heavy (non-hydrogen) atoms. The van der Waals surface area contributed by atoms with Gasteiger partial charge in [0.1, 0.15) is 5.75 Å². The minimum absolute atomic E-state index is 0.930. The summed E-state index contributed by atoms with van der Waals surface area (Å²) in [7, 11) is 1.71. The first-order valence-corrected chi connectivity index (χ1v) is 8.31. The van der Waals surface area contributed by atoms with Gasteiger partial charge in [-0.2, -0.15) is 0 Å². The molecule has 0 aliphatic carbocycles. The number of hydrogen-bond donors (Lipinski definition) is 0. The average Bonchev–Trinajstić information content (AvgIpc) is 2.56. The summed E-state index contributed by atoms with van der Waals surface area (Å²) in [4.78, 5) is 4.47. The van der Waals surface area contributed by atoms with Crippen LogP contribution in [0.2, 0.25) is 0 Å². The maximum absolute atomic E-state index is 5.37. The predicted octanol–water partition coefficient (Wildman–Crippen LogP) is 4.47. The topological polar surface area (TPSA) is 25.4 Å². The van der Waals surface area contributed by atoms with Crippen molar-refractivity contribution in [2.45, 2.75) is 19.8 Å². The normalized spacial score (nSPS) is 14.2. The fraction of sp³-hybridized carbons (Fsp3) is 0.278. The first-order valence-electron chi connectivity index (χ1n) is 7.47. The van der Waals surface area contributed by atoms with Crippen molar-refractivity contribution in [1.29, 1.82) is 0 Å². The lowest BCUT2D eigenvalue weighted by Gasteiger charge is -2.27. The van der Waals surface area contributed by atoms with Crippen LogP contribution in [0, 0.1) is 6.92 Å². The number of ether oxygens (including phenoxy) is 1. The van der Waals surface area contributed by atoms with E-state index in [0.29, 0.717) is 0 Å². The number of nitrogens with zero attached hydrogens (tertiary/aromatic N) is 2.